The van der Waals surface area contributed by atoms with Crippen molar-refractivity contribution in [3.63, 3.8) is 0 Å². The van der Waals surface area contributed by atoms with E-state index < -0.39 is 0 Å². The summed E-state index contributed by atoms with van der Waals surface area (Å²) < 4.78 is 5.47. The molecule has 0 aliphatic heterocycles. The predicted molar refractivity (Wildman–Crippen MR) is 98.9 cm³/mol. The van der Waals surface area contributed by atoms with Crippen molar-refractivity contribution in [2.45, 2.75) is 20.4 Å². The summed E-state index contributed by atoms with van der Waals surface area (Å²) in [6, 6.07) is 11.8. The minimum Gasteiger partial charge on any atom is -0.478 e. The van der Waals surface area contributed by atoms with E-state index in [2.05, 4.69) is 15.3 Å². The highest BCUT2D eigenvalue weighted by atomic mass is 32.1. The highest BCUT2D eigenvalue weighted by Gasteiger charge is 2.13. The minimum absolute atomic E-state index is 0.207. The van der Waals surface area contributed by atoms with Crippen LogP contribution in [0.25, 0.3) is 10.6 Å². The molecule has 6 heteroatoms. The summed E-state index contributed by atoms with van der Waals surface area (Å²) in [5.41, 5.74) is 3.47. The third-order valence-electron chi connectivity index (χ3n) is 3.61. The molecule has 0 bridgehead atoms. The Morgan fingerprint density at radius 3 is 2.80 bits per heavy atom. The largest absolute Gasteiger partial charge is 0.478 e. The molecule has 1 amide bonds. The van der Waals surface area contributed by atoms with Gasteiger partial charge in [0.05, 0.1) is 6.61 Å². The molecule has 0 aliphatic carbocycles. The van der Waals surface area contributed by atoms with Crippen LogP contribution in [0.2, 0.25) is 0 Å². The summed E-state index contributed by atoms with van der Waals surface area (Å²) in [5, 5.41) is 5.48. The topological polar surface area (TPSA) is 64.1 Å². The summed E-state index contributed by atoms with van der Waals surface area (Å²) in [6.45, 7) is 4.82. The number of carbonyl (C=O) groups is 1. The summed E-state index contributed by atoms with van der Waals surface area (Å²) >= 11 is 1.46. The molecule has 3 rings (SSSR count). The molecule has 0 aliphatic rings. The van der Waals surface area contributed by atoms with Crippen molar-refractivity contribution in [2.24, 2.45) is 0 Å². The average molecular weight is 353 g/mol. The molecule has 3 aromatic rings. The quantitative estimate of drug-likeness (QED) is 0.731. The van der Waals surface area contributed by atoms with Crippen molar-refractivity contribution < 1.29 is 9.53 Å². The molecule has 1 aromatic carbocycles. The molecule has 0 atom stereocenters. The molecule has 5 nitrogen and oxygen atoms in total. The molecule has 128 valence electrons. The number of carbonyl (C=O) groups excluding carboxylic acids is 1. The minimum atomic E-state index is -0.207. The van der Waals surface area contributed by atoms with Crippen LogP contribution >= 0.6 is 11.3 Å². The number of pyridine rings is 1. The van der Waals surface area contributed by atoms with E-state index in [0.717, 1.165) is 16.1 Å². The van der Waals surface area contributed by atoms with E-state index in [4.69, 9.17) is 4.74 Å². The van der Waals surface area contributed by atoms with Gasteiger partial charge in [-0.3, -0.25) is 4.79 Å². The number of nitrogens with one attached hydrogen (secondary N) is 1. The van der Waals surface area contributed by atoms with Gasteiger partial charge in [0.2, 0.25) is 5.88 Å². The van der Waals surface area contributed by atoms with Crippen LogP contribution in [0.3, 0.4) is 0 Å². The highest BCUT2D eigenvalue weighted by Crippen LogP contribution is 2.24. The first kappa shape index (κ1) is 17.1. The zero-order valence-corrected chi connectivity index (χ0v) is 15.0. The van der Waals surface area contributed by atoms with Gasteiger partial charge in [-0.2, -0.15) is 0 Å². The van der Waals surface area contributed by atoms with Crippen LogP contribution < -0.4 is 10.1 Å². The first-order valence-corrected chi connectivity index (χ1v) is 8.93. The Morgan fingerprint density at radius 1 is 1.24 bits per heavy atom. The van der Waals surface area contributed by atoms with Crippen molar-refractivity contribution in [1.29, 1.82) is 0 Å². The van der Waals surface area contributed by atoms with Gasteiger partial charge >= 0.3 is 0 Å². The average Bonchev–Trinajstić information content (AvgIpc) is 3.12. The lowest BCUT2D eigenvalue weighted by atomic mass is 10.2. The Morgan fingerprint density at radius 2 is 2.04 bits per heavy atom. The third kappa shape index (κ3) is 4.22. The van der Waals surface area contributed by atoms with E-state index in [9.17, 15) is 4.79 Å². The van der Waals surface area contributed by atoms with Gasteiger partial charge in [-0.25, -0.2) is 9.97 Å². The molecule has 2 aromatic heterocycles. The maximum absolute atomic E-state index is 12.4. The van der Waals surface area contributed by atoms with Crippen LogP contribution in [0.1, 0.15) is 28.5 Å². The number of benzene rings is 1. The van der Waals surface area contributed by atoms with Crippen LogP contribution in [0.5, 0.6) is 5.88 Å². The molecule has 0 saturated heterocycles. The fraction of sp³-hybridized carbons (Fsp3) is 0.211. The SMILES string of the molecule is CCOc1ncccc1CNC(=O)c1csc(-c2ccc(C)cc2)n1. The van der Waals surface area contributed by atoms with Gasteiger partial charge in [-0.15, -0.1) is 11.3 Å². The first-order valence-electron chi connectivity index (χ1n) is 8.05. The lowest BCUT2D eigenvalue weighted by molar-refractivity contribution is 0.0946. The number of thiazole rings is 1. The summed E-state index contributed by atoms with van der Waals surface area (Å²) in [7, 11) is 0. The van der Waals surface area contributed by atoms with Crippen molar-refractivity contribution in [3.8, 4) is 16.5 Å². The molecule has 1 N–H and O–H groups in total. The number of aryl methyl sites for hydroxylation is 1. The van der Waals surface area contributed by atoms with E-state index in [1.807, 2.05) is 50.2 Å². The number of rotatable bonds is 6. The Hall–Kier alpha value is -2.73. The van der Waals surface area contributed by atoms with Crippen molar-refractivity contribution in [1.82, 2.24) is 15.3 Å². The van der Waals surface area contributed by atoms with E-state index >= 15 is 0 Å². The molecule has 25 heavy (non-hydrogen) atoms. The van der Waals surface area contributed by atoms with Gasteiger partial charge in [0, 0.05) is 29.2 Å². The lowest BCUT2D eigenvalue weighted by Gasteiger charge is -2.09. The molecule has 0 fully saturated rings. The Bertz CT molecular complexity index is 859. The van der Waals surface area contributed by atoms with Crippen molar-refractivity contribution in [3.05, 3.63) is 64.8 Å². The second kappa shape index (κ2) is 7.90. The molecule has 0 saturated carbocycles. The number of hydrogen-bond acceptors (Lipinski definition) is 5. The van der Waals surface area contributed by atoms with Crippen LogP contribution in [-0.2, 0) is 6.54 Å². The Balaban J connectivity index is 1.67. The van der Waals surface area contributed by atoms with E-state index in [0.29, 0.717) is 24.7 Å². The molecule has 0 unspecified atom stereocenters. The van der Waals surface area contributed by atoms with Crippen molar-refractivity contribution >= 4 is 17.2 Å². The second-order valence-electron chi connectivity index (χ2n) is 5.49. The third-order valence-corrected chi connectivity index (χ3v) is 4.50. The van der Waals surface area contributed by atoms with Crippen molar-refractivity contribution in [2.75, 3.05) is 6.61 Å². The lowest BCUT2D eigenvalue weighted by Crippen LogP contribution is -2.23. The number of aromatic nitrogens is 2. The number of amides is 1. The monoisotopic (exact) mass is 353 g/mol. The summed E-state index contributed by atoms with van der Waals surface area (Å²) in [4.78, 5) is 21.0. The fourth-order valence-corrected chi connectivity index (χ4v) is 3.10. The number of ether oxygens (including phenoxy) is 1. The zero-order valence-electron chi connectivity index (χ0n) is 14.2. The van der Waals surface area contributed by atoms with E-state index in [1.54, 1.807) is 11.6 Å². The number of nitrogens with zero attached hydrogens (tertiary/aromatic N) is 2. The molecular formula is C19H19N3O2S. The smallest absolute Gasteiger partial charge is 0.271 e. The predicted octanol–water partition coefficient (Wildman–Crippen LogP) is 3.84. The maximum atomic E-state index is 12.4. The molecular weight excluding hydrogens is 334 g/mol. The highest BCUT2D eigenvalue weighted by molar-refractivity contribution is 7.13. The van der Waals surface area contributed by atoms with Gasteiger partial charge < -0.3 is 10.1 Å². The van der Waals surface area contributed by atoms with Gasteiger partial charge in [-0.05, 0) is 19.9 Å². The first-order chi connectivity index (χ1) is 12.2. The van der Waals surface area contributed by atoms with E-state index in [1.165, 1.54) is 16.9 Å². The zero-order chi connectivity index (χ0) is 17.6. The fourth-order valence-electron chi connectivity index (χ4n) is 2.30. The summed E-state index contributed by atoms with van der Waals surface area (Å²) in [6.07, 6.45) is 1.67. The summed E-state index contributed by atoms with van der Waals surface area (Å²) in [5.74, 6) is 0.338. The van der Waals surface area contributed by atoms with Gasteiger partial charge in [-0.1, -0.05) is 35.9 Å². The van der Waals surface area contributed by atoms with Crippen LogP contribution in [0.15, 0.2) is 48.0 Å². The number of hydrogen-bond donors (Lipinski definition) is 1. The van der Waals surface area contributed by atoms with Crippen LogP contribution in [-0.4, -0.2) is 22.5 Å². The van der Waals surface area contributed by atoms with Gasteiger partial charge in [0.15, 0.2) is 0 Å². The normalized spacial score (nSPS) is 10.5. The molecule has 0 radical (unpaired) electrons. The maximum Gasteiger partial charge on any atom is 0.271 e. The van der Waals surface area contributed by atoms with Crippen LogP contribution in [0, 0.1) is 6.92 Å². The molecule has 2 heterocycles. The molecule has 0 spiro atoms. The van der Waals surface area contributed by atoms with Crippen LogP contribution in [0.4, 0.5) is 0 Å². The Labute approximate surface area is 150 Å². The van der Waals surface area contributed by atoms with Gasteiger partial charge in [0.1, 0.15) is 10.7 Å². The van der Waals surface area contributed by atoms with Gasteiger partial charge in [0.25, 0.3) is 5.91 Å². The standard InChI is InChI=1S/C19H19N3O2S/c1-3-24-18-15(5-4-10-20-18)11-21-17(23)16-12-25-19(22-16)14-8-6-13(2)7-9-14/h4-10,12H,3,11H2,1-2H3,(H,21,23). The Kier molecular flexibility index (Phi) is 5.40. The van der Waals surface area contributed by atoms with E-state index in [-0.39, 0.29) is 5.91 Å². The second-order valence-corrected chi connectivity index (χ2v) is 6.35.